The maximum atomic E-state index is 12.7. The van der Waals surface area contributed by atoms with E-state index in [1.807, 2.05) is 10.9 Å². The number of non-ortho nitro benzene ring substituents is 4. The van der Waals surface area contributed by atoms with E-state index in [0.29, 0.717) is 12.1 Å². The Hall–Kier alpha value is -8.30. The van der Waals surface area contributed by atoms with Gasteiger partial charge in [-0.05, 0) is 24.3 Å². The van der Waals surface area contributed by atoms with Gasteiger partial charge in [0.2, 0.25) is 0 Å². The Kier molecular flexibility index (Phi) is 11.4. The second-order valence-electron chi connectivity index (χ2n) is 9.76. The van der Waals surface area contributed by atoms with Crippen LogP contribution in [0.3, 0.4) is 0 Å². The quantitative estimate of drug-likeness (QED) is 0.0531. The Morgan fingerprint density at radius 3 is 1.13 bits per heavy atom. The Morgan fingerprint density at radius 1 is 0.519 bits per heavy atom. The molecular formula is C30H18N8O14. The first-order valence-corrected chi connectivity index (χ1v) is 13.9. The van der Waals surface area contributed by atoms with Gasteiger partial charge in [-0.3, -0.25) is 50.0 Å². The second kappa shape index (κ2) is 16.2. The van der Waals surface area contributed by atoms with Crippen molar-refractivity contribution in [2.24, 2.45) is 10.2 Å². The third kappa shape index (κ3) is 9.41. The summed E-state index contributed by atoms with van der Waals surface area (Å²) in [5.74, 6) is -5.34. The van der Waals surface area contributed by atoms with Gasteiger partial charge in [0.1, 0.15) is 11.5 Å². The molecule has 22 nitrogen and oxygen atoms in total. The zero-order chi connectivity index (χ0) is 37.9. The summed E-state index contributed by atoms with van der Waals surface area (Å²) in [6.07, 6.45) is 1.96. The summed E-state index contributed by atoms with van der Waals surface area (Å²) < 4.78 is 10.4. The second-order valence-corrected chi connectivity index (χ2v) is 9.76. The van der Waals surface area contributed by atoms with Crippen molar-refractivity contribution >= 4 is 58.9 Å². The highest BCUT2D eigenvalue weighted by atomic mass is 16.6. The first-order chi connectivity index (χ1) is 24.7. The van der Waals surface area contributed by atoms with Crippen molar-refractivity contribution in [2.75, 3.05) is 0 Å². The Bertz CT molecular complexity index is 2000. The van der Waals surface area contributed by atoms with Gasteiger partial charge in [0.05, 0.1) is 55.4 Å². The lowest BCUT2D eigenvalue weighted by atomic mass is 10.1. The highest BCUT2D eigenvalue weighted by Gasteiger charge is 2.23. The number of hydrogen-bond acceptors (Lipinski definition) is 16. The number of benzene rings is 4. The largest absolute Gasteiger partial charge is 0.422 e. The Labute approximate surface area is 287 Å². The van der Waals surface area contributed by atoms with Gasteiger partial charge in [0, 0.05) is 35.4 Å². The number of carbonyl (C=O) groups is 4. The number of esters is 2. The lowest BCUT2D eigenvalue weighted by molar-refractivity contribution is -0.394. The molecule has 0 aliphatic heterocycles. The van der Waals surface area contributed by atoms with Crippen molar-refractivity contribution in [1.29, 1.82) is 0 Å². The van der Waals surface area contributed by atoms with Crippen LogP contribution >= 0.6 is 0 Å². The summed E-state index contributed by atoms with van der Waals surface area (Å²) in [6, 6.07) is 15.7. The molecule has 0 radical (unpaired) electrons. The average Bonchev–Trinajstić information content (AvgIpc) is 3.12. The van der Waals surface area contributed by atoms with E-state index in [1.54, 1.807) is 0 Å². The molecule has 52 heavy (non-hydrogen) atoms. The monoisotopic (exact) mass is 714 g/mol. The fourth-order valence-electron chi connectivity index (χ4n) is 3.95. The van der Waals surface area contributed by atoms with Crippen LogP contribution in [0.4, 0.5) is 22.7 Å². The number of nitrogens with one attached hydrogen (secondary N) is 2. The van der Waals surface area contributed by atoms with E-state index in [-0.39, 0.29) is 22.6 Å². The van der Waals surface area contributed by atoms with Gasteiger partial charge >= 0.3 is 23.8 Å². The summed E-state index contributed by atoms with van der Waals surface area (Å²) in [7, 11) is 0. The number of hydrogen-bond donors (Lipinski definition) is 2. The van der Waals surface area contributed by atoms with Crippen LogP contribution in [0.15, 0.2) is 95.1 Å². The molecule has 2 amide bonds. The van der Waals surface area contributed by atoms with Gasteiger partial charge in [-0.1, -0.05) is 24.3 Å². The van der Waals surface area contributed by atoms with E-state index in [2.05, 4.69) is 10.2 Å². The average molecular weight is 715 g/mol. The van der Waals surface area contributed by atoms with Crippen LogP contribution in [0.2, 0.25) is 0 Å². The Morgan fingerprint density at radius 2 is 0.827 bits per heavy atom. The van der Waals surface area contributed by atoms with Crippen LogP contribution in [0.25, 0.3) is 0 Å². The minimum atomic E-state index is -1.32. The van der Waals surface area contributed by atoms with Crippen LogP contribution in [0.5, 0.6) is 11.5 Å². The molecule has 0 heterocycles. The number of hydrazone groups is 2. The van der Waals surface area contributed by atoms with Crippen LogP contribution in [0, 0.1) is 40.5 Å². The zero-order valence-electron chi connectivity index (χ0n) is 25.6. The van der Waals surface area contributed by atoms with Crippen molar-refractivity contribution in [3.63, 3.8) is 0 Å². The van der Waals surface area contributed by atoms with Crippen molar-refractivity contribution in [3.05, 3.63) is 148 Å². The predicted octanol–water partition coefficient (Wildman–Crippen LogP) is 3.36. The minimum Gasteiger partial charge on any atom is -0.422 e. The molecule has 4 aromatic rings. The molecule has 0 aromatic heterocycles. The number of amides is 2. The molecule has 22 heteroatoms. The standard InChI is InChI=1S/C30H18N8O14/c39-27(33-31-15-17-5-1-3-7-25(17)51-29(41)19-9-21(35(43)44)13-22(10-19)36(45)46)28(40)34-32-16-18-6-2-4-8-26(18)52-30(42)20-11-23(37(47)48)14-24(12-20)38(49)50/h1-16H,(H,33,39)(H,34,40)/b31-15-,32-16+. The molecule has 2 N–H and O–H groups in total. The maximum absolute atomic E-state index is 12.7. The number of nitrogens with zero attached hydrogens (tertiary/aromatic N) is 6. The molecule has 4 rings (SSSR count). The summed E-state index contributed by atoms with van der Waals surface area (Å²) in [5.41, 5.74) is 0.0753. The molecule has 0 aliphatic carbocycles. The number of carbonyl (C=O) groups excluding carboxylic acids is 4. The van der Waals surface area contributed by atoms with Crippen LogP contribution < -0.4 is 20.3 Å². The van der Waals surface area contributed by atoms with Crippen molar-refractivity contribution in [3.8, 4) is 11.5 Å². The van der Waals surface area contributed by atoms with Gasteiger partial charge in [0.15, 0.2) is 0 Å². The van der Waals surface area contributed by atoms with E-state index >= 15 is 0 Å². The topological polar surface area (TPSA) is 308 Å². The van der Waals surface area contributed by atoms with Crippen molar-refractivity contribution in [2.45, 2.75) is 0 Å². The van der Waals surface area contributed by atoms with Crippen molar-refractivity contribution < 1.29 is 48.3 Å². The molecule has 0 atom stereocenters. The van der Waals surface area contributed by atoms with Gasteiger partial charge in [0.25, 0.3) is 22.7 Å². The summed E-state index contributed by atoms with van der Waals surface area (Å²) in [5, 5.41) is 51.8. The summed E-state index contributed by atoms with van der Waals surface area (Å²) in [4.78, 5) is 90.7. The smallest absolute Gasteiger partial charge is 0.344 e. The van der Waals surface area contributed by atoms with Gasteiger partial charge in [-0.25, -0.2) is 20.4 Å². The van der Waals surface area contributed by atoms with E-state index < -0.39 is 77.3 Å². The molecule has 0 bridgehead atoms. The lowest BCUT2D eigenvalue weighted by Gasteiger charge is -2.07. The van der Waals surface area contributed by atoms with E-state index in [0.717, 1.165) is 36.7 Å². The van der Waals surface area contributed by atoms with Crippen LogP contribution in [0.1, 0.15) is 31.8 Å². The first kappa shape index (κ1) is 36.5. The Balaban J connectivity index is 1.38. The van der Waals surface area contributed by atoms with E-state index in [4.69, 9.17) is 9.47 Å². The summed E-state index contributed by atoms with van der Waals surface area (Å²) >= 11 is 0. The number of para-hydroxylation sites is 2. The predicted molar refractivity (Wildman–Crippen MR) is 174 cm³/mol. The molecular weight excluding hydrogens is 696 g/mol. The highest BCUT2D eigenvalue weighted by molar-refractivity contribution is 6.35. The van der Waals surface area contributed by atoms with Crippen LogP contribution in [-0.4, -0.2) is 55.9 Å². The van der Waals surface area contributed by atoms with E-state index in [1.165, 1.54) is 48.5 Å². The molecule has 0 saturated carbocycles. The number of nitro benzene ring substituents is 4. The van der Waals surface area contributed by atoms with Crippen LogP contribution in [-0.2, 0) is 9.59 Å². The molecule has 0 unspecified atom stereocenters. The third-order valence-electron chi connectivity index (χ3n) is 6.31. The first-order valence-electron chi connectivity index (χ1n) is 13.9. The fraction of sp³-hybridized carbons (Fsp3) is 0. The molecule has 0 spiro atoms. The van der Waals surface area contributed by atoms with Gasteiger partial charge in [-0.2, -0.15) is 10.2 Å². The highest BCUT2D eigenvalue weighted by Crippen LogP contribution is 2.26. The number of rotatable bonds is 12. The minimum absolute atomic E-state index is 0.0698. The van der Waals surface area contributed by atoms with E-state index in [9.17, 15) is 59.6 Å². The molecule has 4 aromatic carbocycles. The van der Waals surface area contributed by atoms with Gasteiger partial charge < -0.3 is 9.47 Å². The molecule has 0 aliphatic rings. The normalized spacial score (nSPS) is 10.7. The number of nitro groups is 4. The lowest BCUT2D eigenvalue weighted by Crippen LogP contribution is -2.35. The fourth-order valence-corrected chi connectivity index (χ4v) is 3.95. The third-order valence-corrected chi connectivity index (χ3v) is 6.31. The summed E-state index contributed by atoms with van der Waals surface area (Å²) in [6.45, 7) is 0. The molecule has 0 fully saturated rings. The SMILES string of the molecule is O=C(N/N=C\c1ccccc1OC(=O)c1cc([N+](=O)[O-])cc([N+](=O)[O-])c1)C(=O)N/N=C/c1ccccc1OC(=O)c1cc([N+](=O)[O-])cc([N+](=O)[O-])c1. The molecule has 0 saturated heterocycles. The zero-order valence-corrected chi connectivity index (χ0v) is 25.6. The van der Waals surface area contributed by atoms with Crippen molar-refractivity contribution in [1.82, 2.24) is 10.9 Å². The number of ether oxygens (including phenoxy) is 2. The maximum Gasteiger partial charge on any atom is 0.344 e. The van der Waals surface area contributed by atoms with Gasteiger partial charge in [-0.15, -0.1) is 0 Å². The molecule has 262 valence electrons.